The molecule has 0 radical (unpaired) electrons. The highest BCUT2D eigenvalue weighted by molar-refractivity contribution is 6.31. The van der Waals surface area contributed by atoms with E-state index in [4.69, 9.17) is 11.6 Å². The van der Waals surface area contributed by atoms with Gasteiger partial charge in [0, 0.05) is 11.1 Å². The van der Waals surface area contributed by atoms with E-state index in [-0.39, 0.29) is 16.4 Å². The number of rotatable bonds is 2. The van der Waals surface area contributed by atoms with Crippen LogP contribution < -0.4 is 0 Å². The highest BCUT2D eigenvalue weighted by atomic mass is 35.5. The van der Waals surface area contributed by atoms with Crippen LogP contribution in [0.2, 0.25) is 5.02 Å². The van der Waals surface area contributed by atoms with Gasteiger partial charge in [-0.25, -0.2) is 8.78 Å². The topological polar surface area (TPSA) is 17.1 Å². The summed E-state index contributed by atoms with van der Waals surface area (Å²) in [6, 6.07) is 8.84. The SMILES string of the molecule is O=C(c1ccc(F)cc1)c1ccc(F)c(Cl)c1. The maximum atomic E-state index is 12.9. The highest BCUT2D eigenvalue weighted by Crippen LogP contribution is 2.18. The summed E-state index contributed by atoms with van der Waals surface area (Å²) in [6.07, 6.45) is 0. The zero-order valence-electron chi connectivity index (χ0n) is 8.58. The van der Waals surface area contributed by atoms with Crippen LogP contribution in [0.5, 0.6) is 0 Å². The molecule has 2 aromatic rings. The molecule has 17 heavy (non-hydrogen) atoms. The summed E-state index contributed by atoms with van der Waals surface area (Å²) in [5.74, 6) is -1.33. The molecular weight excluding hydrogens is 246 g/mol. The maximum Gasteiger partial charge on any atom is 0.193 e. The van der Waals surface area contributed by atoms with E-state index in [9.17, 15) is 13.6 Å². The van der Waals surface area contributed by atoms with E-state index in [1.54, 1.807) is 0 Å². The first-order valence-corrected chi connectivity index (χ1v) is 5.21. The van der Waals surface area contributed by atoms with Crippen LogP contribution in [-0.2, 0) is 0 Å². The van der Waals surface area contributed by atoms with Crippen molar-refractivity contribution in [3.8, 4) is 0 Å². The summed E-state index contributed by atoms with van der Waals surface area (Å²) in [7, 11) is 0. The smallest absolute Gasteiger partial charge is 0.193 e. The van der Waals surface area contributed by atoms with Crippen molar-refractivity contribution in [3.05, 3.63) is 70.2 Å². The van der Waals surface area contributed by atoms with Crippen molar-refractivity contribution in [2.45, 2.75) is 0 Å². The number of benzene rings is 2. The monoisotopic (exact) mass is 252 g/mol. The van der Waals surface area contributed by atoms with Crippen LogP contribution in [0.25, 0.3) is 0 Å². The molecular formula is C13H7ClF2O. The van der Waals surface area contributed by atoms with Crippen LogP contribution in [0.1, 0.15) is 15.9 Å². The van der Waals surface area contributed by atoms with Crippen LogP contribution in [0.4, 0.5) is 8.78 Å². The molecule has 0 aliphatic carbocycles. The predicted molar refractivity (Wildman–Crippen MR) is 61.2 cm³/mol. The van der Waals surface area contributed by atoms with Crippen LogP contribution in [-0.4, -0.2) is 5.78 Å². The third-order valence-corrected chi connectivity index (χ3v) is 2.58. The molecule has 0 aliphatic rings. The summed E-state index contributed by atoms with van der Waals surface area (Å²) in [5.41, 5.74) is 0.595. The average Bonchev–Trinajstić information content (AvgIpc) is 2.33. The first-order valence-electron chi connectivity index (χ1n) is 4.83. The normalized spacial score (nSPS) is 10.3. The molecule has 0 aromatic heterocycles. The Kier molecular flexibility index (Phi) is 3.20. The van der Waals surface area contributed by atoms with Crippen LogP contribution in [0.3, 0.4) is 0 Å². The first kappa shape index (κ1) is 11.7. The summed E-state index contributed by atoms with van der Waals surface area (Å²) < 4.78 is 25.6. The van der Waals surface area contributed by atoms with Gasteiger partial charge in [0.25, 0.3) is 0 Å². The molecule has 0 N–H and O–H groups in total. The molecule has 0 atom stereocenters. The van der Waals surface area contributed by atoms with Crippen LogP contribution >= 0.6 is 11.6 Å². The van der Waals surface area contributed by atoms with E-state index in [2.05, 4.69) is 0 Å². The van der Waals surface area contributed by atoms with Gasteiger partial charge in [-0.15, -0.1) is 0 Å². The predicted octanol–water partition coefficient (Wildman–Crippen LogP) is 3.85. The second-order valence-electron chi connectivity index (χ2n) is 3.46. The van der Waals surface area contributed by atoms with Gasteiger partial charge in [0.1, 0.15) is 11.6 Å². The zero-order valence-corrected chi connectivity index (χ0v) is 9.34. The fraction of sp³-hybridized carbons (Fsp3) is 0. The summed E-state index contributed by atoms with van der Waals surface area (Å²) >= 11 is 5.58. The summed E-state index contributed by atoms with van der Waals surface area (Å²) in [4.78, 5) is 11.9. The lowest BCUT2D eigenvalue weighted by Crippen LogP contribution is -2.01. The fourth-order valence-electron chi connectivity index (χ4n) is 1.41. The van der Waals surface area contributed by atoms with Gasteiger partial charge in [0.2, 0.25) is 0 Å². The minimum atomic E-state index is -0.581. The lowest BCUT2D eigenvalue weighted by molar-refractivity contribution is 0.103. The minimum Gasteiger partial charge on any atom is -0.289 e. The molecule has 0 saturated heterocycles. The van der Waals surface area contributed by atoms with E-state index in [0.29, 0.717) is 5.56 Å². The zero-order chi connectivity index (χ0) is 12.4. The lowest BCUT2D eigenvalue weighted by atomic mass is 10.0. The molecule has 86 valence electrons. The molecule has 0 bridgehead atoms. The lowest BCUT2D eigenvalue weighted by Gasteiger charge is -2.02. The average molecular weight is 253 g/mol. The van der Waals surface area contributed by atoms with E-state index in [0.717, 1.165) is 6.07 Å². The molecule has 0 fully saturated rings. The molecule has 0 saturated carbocycles. The van der Waals surface area contributed by atoms with Gasteiger partial charge < -0.3 is 0 Å². The third-order valence-electron chi connectivity index (χ3n) is 2.29. The number of carbonyl (C=O) groups is 1. The summed E-state index contributed by atoms with van der Waals surface area (Å²) in [5, 5.41) is -0.113. The fourth-order valence-corrected chi connectivity index (χ4v) is 1.59. The van der Waals surface area contributed by atoms with E-state index < -0.39 is 11.6 Å². The van der Waals surface area contributed by atoms with E-state index >= 15 is 0 Å². The number of hydrogen-bond acceptors (Lipinski definition) is 1. The Bertz CT molecular complexity index is 564. The van der Waals surface area contributed by atoms with Crippen molar-refractivity contribution < 1.29 is 13.6 Å². The Morgan fingerprint density at radius 2 is 1.53 bits per heavy atom. The molecule has 1 nitrogen and oxygen atoms in total. The quantitative estimate of drug-likeness (QED) is 0.742. The van der Waals surface area contributed by atoms with E-state index in [1.165, 1.54) is 36.4 Å². The Balaban J connectivity index is 2.37. The molecule has 4 heteroatoms. The maximum absolute atomic E-state index is 12.9. The van der Waals surface area contributed by atoms with Gasteiger partial charge in [-0.05, 0) is 42.5 Å². The van der Waals surface area contributed by atoms with Crippen molar-refractivity contribution in [1.29, 1.82) is 0 Å². The van der Waals surface area contributed by atoms with Gasteiger partial charge in [-0.3, -0.25) is 4.79 Å². The minimum absolute atomic E-state index is 0.113. The number of hydrogen-bond donors (Lipinski definition) is 0. The van der Waals surface area contributed by atoms with Gasteiger partial charge in [-0.1, -0.05) is 11.6 Å². The highest BCUT2D eigenvalue weighted by Gasteiger charge is 2.11. The van der Waals surface area contributed by atoms with Crippen LogP contribution in [0.15, 0.2) is 42.5 Å². The molecule has 0 spiro atoms. The molecule has 2 aromatic carbocycles. The standard InChI is InChI=1S/C13H7ClF2O/c14-11-7-9(3-6-12(11)16)13(17)8-1-4-10(15)5-2-8/h1-7H. The van der Waals surface area contributed by atoms with Crippen molar-refractivity contribution in [3.63, 3.8) is 0 Å². The third kappa shape index (κ3) is 2.50. The van der Waals surface area contributed by atoms with Gasteiger partial charge in [0.05, 0.1) is 5.02 Å². The Morgan fingerprint density at radius 3 is 2.12 bits per heavy atom. The Morgan fingerprint density at radius 1 is 0.941 bits per heavy atom. The number of carbonyl (C=O) groups excluding carboxylic acids is 1. The van der Waals surface area contributed by atoms with Gasteiger partial charge in [-0.2, -0.15) is 0 Å². The van der Waals surface area contributed by atoms with Crippen LogP contribution in [0, 0.1) is 11.6 Å². The van der Waals surface area contributed by atoms with Crippen molar-refractivity contribution in [2.75, 3.05) is 0 Å². The number of halogens is 3. The molecule has 0 aliphatic heterocycles. The Labute approximate surface area is 102 Å². The van der Waals surface area contributed by atoms with Gasteiger partial charge in [0.15, 0.2) is 5.78 Å². The molecule has 0 amide bonds. The second kappa shape index (κ2) is 4.63. The Hall–Kier alpha value is -1.74. The molecule has 0 heterocycles. The summed E-state index contributed by atoms with van der Waals surface area (Å²) in [6.45, 7) is 0. The van der Waals surface area contributed by atoms with Crippen molar-refractivity contribution >= 4 is 17.4 Å². The van der Waals surface area contributed by atoms with E-state index in [1.807, 2.05) is 0 Å². The van der Waals surface area contributed by atoms with Gasteiger partial charge >= 0.3 is 0 Å². The molecule has 2 rings (SSSR count). The first-order chi connectivity index (χ1) is 8.08. The number of ketones is 1. The van der Waals surface area contributed by atoms with Crippen molar-refractivity contribution in [2.24, 2.45) is 0 Å². The van der Waals surface area contributed by atoms with Crippen molar-refractivity contribution in [1.82, 2.24) is 0 Å². The second-order valence-corrected chi connectivity index (χ2v) is 3.87. The largest absolute Gasteiger partial charge is 0.289 e. The molecule has 0 unspecified atom stereocenters.